The van der Waals surface area contributed by atoms with E-state index in [1.165, 1.54) is 30.5 Å². The minimum Gasteiger partial charge on any atom is -0.383 e. The standard InChI is InChI=1S/C13H19N/c1-10-3-7-13(8-4-10)14-11(2)9-12-5-6-12/h3-4,7-8,11-12,14H,5-6,9H2,1-2H3. The van der Waals surface area contributed by atoms with E-state index in [2.05, 4.69) is 43.4 Å². The second-order valence-corrected chi connectivity index (χ2v) is 4.59. The van der Waals surface area contributed by atoms with Gasteiger partial charge in [-0.05, 0) is 38.3 Å². The highest BCUT2D eigenvalue weighted by molar-refractivity contribution is 5.45. The Bertz CT molecular complexity index is 285. The Morgan fingerprint density at radius 1 is 1.29 bits per heavy atom. The van der Waals surface area contributed by atoms with Gasteiger partial charge in [-0.25, -0.2) is 0 Å². The van der Waals surface area contributed by atoms with Crippen LogP contribution in [0.4, 0.5) is 5.69 Å². The van der Waals surface area contributed by atoms with Crippen LogP contribution in [0.5, 0.6) is 0 Å². The Morgan fingerprint density at radius 2 is 1.93 bits per heavy atom. The Balaban J connectivity index is 1.85. The van der Waals surface area contributed by atoms with Crippen molar-refractivity contribution in [1.29, 1.82) is 0 Å². The summed E-state index contributed by atoms with van der Waals surface area (Å²) in [5.74, 6) is 1.00. The lowest BCUT2D eigenvalue weighted by Gasteiger charge is -2.14. The Hall–Kier alpha value is -0.980. The maximum absolute atomic E-state index is 3.54. The molecule has 2 rings (SSSR count). The predicted octanol–water partition coefficient (Wildman–Crippen LogP) is 3.60. The van der Waals surface area contributed by atoms with Crippen LogP contribution in [-0.4, -0.2) is 6.04 Å². The second kappa shape index (κ2) is 4.04. The first kappa shape index (κ1) is 9.57. The number of nitrogens with one attached hydrogen (secondary N) is 1. The van der Waals surface area contributed by atoms with Crippen LogP contribution in [0.3, 0.4) is 0 Å². The Morgan fingerprint density at radius 3 is 2.50 bits per heavy atom. The van der Waals surface area contributed by atoms with Crippen molar-refractivity contribution in [3.05, 3.63) is 29.8 Å². The molecule has 1 heteroatoms. The van der Waals surface area contributed by atoms with Crippen molar-refractivity contribution in [2.75, 3.05) is 5.32 Å². The van der Waals surface area contributed by atoms with Crippen LogP contribution in [0.2, 0.25) is 0 Å². The Kier molecular flexibility index (Phi) is 2.76. The fourth-order valence-electron chi connectivity index (χ4n) is 1.85. The van der Waals surface area contributed by atoms with Crippen LogP contribution < -0.4 is 5.32 Å². The van der Waals surface area contributed by atoms with Gasteiger partial charge in [0.25, 0.3) is 0 Å². The van der Waals surface area contributed by atoms with Gasteiger partial charge in [0.2, 0.25) is 0 Å². The van der Waals surface area contributed by atoms with Crippen LogP contribution in [0.15, 0.2) is 24.3 Å². The van der Waals surface area contributed by atoms with E-state index in [0.29, 0.717) is 6.04 Å². The summed E-state index contributed by atoms with van der Waals surface area (Å²) in [6, 6.07) is 9.26. The van der Waals surface area contributed by atoms with E-state index in [1.54, 1.807) is 0 Å². The summed E-state index contributed by atoms with van der Waals surface area (Å²) >= 11 is 0. The molecule has 1 aromatic rings. The van der Waals surface area contributed by atoms with Crippen molar-refractivity contribution < 1.29 is 0 Å². The molecule has 0 amide bonds. The summed E-state index contributed by atoms with van der Waals surface area (Å²) in [6.45, 7) is 4.40. The summed E-state index contributed by atoms with van der Waals surface area (Å²) < 4.78 is 0. The molecule has 0 heterocycles. The summed E-state index contributed by atoms with van der Waals surface area (Å²) in [7, 11) is 0. The van der Waals surface area contributed by atoms with E-state index < -0.39 is 0 Å². The lowest BCUT2D eigenvalue weighted by molar-refractivity contribution is 0.642. The monoisotopic (exact) mass is 189 g/mol. The third-order valence-electron chi connectivity index (χ3n) is 2.85. The maximum atomic E-state index is 3.54. The van der Waals surface area contributed by atoms with Crippen molar-refractivity contribution in [1.82, 2.24) is 0 Å². The fourth-order valence-corrected chi connectivity index (χ4v) is 1.85. The molecular formula is C13H19N. The first-order valence-electron chi connectivity index (χ1n) is 5.57. The van der Waals surface area contributed by atoms with Crippen molar-refractivity contribution in [3.8, 4) is 0 Å². The van der Waals surface area contributed by atoms with Gasteiger partial charge in [0.15, 0.2) is 0 Å². The molecule has 0 aliphatic heterocycles. The van der Waals surface area contributed by atoms with Gasteiger partial charge in [-0.15, -0.1) is 0 Å². The average molecular weight is 189 g/mol. The fraction of sp³-hybridized carbons (Fsp3) is 0.538. The van der Waals surface area contributed by atoms with Crippen molar-refractivity contribution >= 4 is 5.69 Å². The van der Waals surface area contributed by atoms with Crippen molar-refractivity contribution in [2.24, 2.45) is 5.92 Å². The summed E-state index contributed by atoms with van der Waals surface area (Å²) in [6.07, 6.45) is 4.22. The van der Waals surface area contributed by atoms with Gasteiger partial charge in [0.1, 0.15) is 0 Å². The van der Waals surface area contributed by atoms with Crippen LogP contribution in [0.1, 0.15) is 31.7 Å². The highest BCUT2D eigenvalue weighted by Gasteiger charge is 2.23. The number of rotatable bonds is 4. The molecule has 1 nitrogen and oxygen atoms in total. The van der Waals surface area contributed by atoms with E-state index in [0.717, 1.165) is 5.92 Å². The molecule has 1 aliphatic rings. The average Bonchev–Trinajstić information content (AvgIpc) is 2.93. The molecule has 0 aromatic heterocycles. The predicted molar refractivity (Wildman–Crippen MR) is 61.6 cm³/mol. The smallest absolute Gasteiger partial charge is 0.0342 e. The third kappa shape index (κ3) is 2.76. The zero-order valence-corrected chi connectivity index (χ0v) is 9.09. The third-order valence-corrected chi connectivity index (χ3v) is 2.85. The molecule has 0 spiro atoms. The van der Waals surface area contributed by atoms with Gasteiger partial charge in [0.05, 0.1) is 0 Å². The highest BCUT2D eigenvalue weighted by atomic mass is 14.9. The SMILES string of the molecule is Cc1ccc(NC(C)CC2CC2)cc1. The van der Waals surface area contributed by atoms with E-state index >= 15 is 0 Å². The molecular weight excluding hydrogens is 170 g/mol. The zero-order valence-electron chi connectivity index (χ0n) is 9.09. The van der Waals surface area contributed by atoms with Crippen LogP contribution in [0.25, 0.3) is 0 Å². The molecule has 1 atom stereocenters. The first-order valence-corrected chi connectivity index (χ1v) is 5.57. The van der Waals surface area contributed by atoms with E-state index in [-0.39, 0.29) is 0 Å². The molecule has 0 bridgehead atoms. The molecule has 1 unspecified atom stereocenters. The van der Waals surface area contributed by atoms with Gasteiger partial charge in [-0.2, -0.15) is 0 Å². The van der Waals surface area contributed by atoms with E-state index in [4.69, 9.17) is 0 Å². The van der Waals surface area contributed by atoms with E-state index in [1.807, 2.05) is 0 Å². The van der Waals surface area contributed by atoms with Crippen LogP contribution >= 0.6 is 0 Å². The van der Waals surface area contributed by atoms with Gasteiger partial charge in [-0.3, -0.25) is 0 Å². The number of hydrogen-bond acceptors (Lipinski definition) is 1. The molecule has 14 heavy (non-hydrogen) atoms. The minimum atomic E-state index is 0.616. The molecule has 1 N–H and O–H groups in total. The van der Waals surface area contributed by atoms with Gasteiger partial charge in [0, 0.05) is 11.7 Å². The number of hydrogen-bond donors (Lipinski definition) is 1. The highest BCUT2D eigenvalue weighted by Crippen LogP contribution is 2.34. The second-order valence-electron chi connectivity index (χ2n) is 4.59. The van der Waals surface area contributed by atoms with E-state index in [9.17, 15) is 0 Å². The van der Waals surface area contributed by atoms with Crippen molar-refractivity contribution in [2.45, 2.75) is 39.2 Å². The molecule has 0 radical (unpaired) electrons. The number of aryl methyl sites for hydroxylation is 1. The summed E-state index contributed by atoms with van der Waals surface area (Å²) in [4.78, 5) is 0. The molecule has 1 saturated carbocycles. The van der Waals surface area contributed by atoms with Gasteiger partial charge in [-0.1, -0.05) is 30.5 Å². The van der Waals surface area contributed by atoms with Crippen LogP contribution in [-0.2, 0) is 0 Å². The minimum absolute atomic E-state index is 0.616. The lowest BCUT2D eigenvalue weighted by atomic mass is 10.1. The quantitative estimate of drug-likeness (QED) is 0.763. The number of anilines is 1. The normalized spacial score (nSPS) is 17.9. The Labute approximate surface area is 86.5 Å². The van der Waals surface area contributed by atoms with Gasteiger partial charge >= 0.3 is 0 Å². The zero-order chi connectivity index (χ0) is 9.97. The summed E-state index contributed by atoms with van der Waals surface area (Å²) in [5, 5.41) is 3.54. The lowest BCUT2D eigenvalue weighted by Crippen LogP contribution is -2.15. The van der Waals surface area contributed by atoms with Crippen LogP contribution in [0, 0.1) is 12.8 Å². The molecule has 1 aromatic carbocycles. The maximum Gasteiger partial charge on any atom is 0.0342 e. The largest absolute Gasteiger partial charge is 0.383 e. The molecule has 1 aliphatic carbocycles. The number of benzene rings is 1. The topological polar surface area (TPSA) is 12.0 Å². The first-order chi connectivity index (χ1) is 6.74. The van der Waals surface area contributed by atoms with Gasteiger partial charge < -0.3 is 5.32 Å². The summed E-state index contributed by atoms with van der Waals surface area (Å²) in [5.41, 5.74) is 2.58. The molecule has 1 fully saturated rings. The van der Waals surface area contributed by atoms with Crippen molar-refractivity contribution in [3.63, 3.8) is 0 Å². The molecule has 0 saturated heterocycles. The molecule has 76 valence electrons.